The van der Waals surface area contributed by atoms with Gasteiger partial charge in [0, 0.05) is 10.6 Å². The van der Waals surface area contributed by atoms with Crippen LogP contribution in [0.3, 0.4) is 0 Å². The molecule has 0 radical (unpaired) electrons. The molecule has 0 aliphatic heterocycles. The number of benzene rings is 2. The van der Waals surface area contributed by atoms with Gasteiger partial charge in [0.15, 0.2) is 0 Å². The second-order valence-corrected chi connectivity index (χ2v) is 5.63. The zero-order valence-corrected chi connectivity index (χ0v) is 11.7. The Kier molecular flexibility index (Phi) is 5.00. The Hall–Kier alpha value is -1.32. The quantitative estimate of drug-likeness (QED) is 0.838. The molecule has 1 atom stereocenters. The lowest BCUT2D eigenvalue weighted by Gasteiger charge is -2.11. The Labute approximate surface area is 117 Å². The maximum Gasteiger partial charge on any atom is 0.123 e. The molecule has 0 bridgehead atoms. The van der Waals surface area contributed by atoms with Crippen LogP contribution < -0.4 is 0 Å². The summed E-state index contributed by atoms with van der Waals surface area (Å²) in [5.41, 5.74) is 2.04. The van der Waals surface area contributed by atoms with Gasteiger partial charge in [-0.05, 0) is 42.7 Å². The summed E-state index contributed by atoms with van der Waals surface area (Å²) in [5.74, 6) is 0.359. The van der Waals surface area contributed by atoms with Crippen LogP contribution in [0.5, 0.6) is 0 Å². The second kappa shape index (κ2) is 6.73. The monoisotopic (exact) mass is 276 g/mol. The molecule has 2 aromatic rings. The Bertz CT molecular complexity index is 542. The molecule has 0 aliphatic rings. The lowest BCUT2D eigenvalue weighted by Crippen LogP contribution is -2.13. The molecule has 100 valence electrons. The van der Waals surface area contributed by atoms with Crippen LogP contribution in [0.4, 0.5) is 4.39 Å². The number of thioether (sulfide) groups is 1. The van der Waals surface area contributed by atoms with Crippen molar-refractivity contribution >= 4 is 11.8 Å². The molecule has 0 aliphatic carbocycles. The molecule has 0 amide bonds. The minimum absolute atomic E-state index is 0.253. The standard InChI is InChI=1S/C16H17FOS/c1-12-5-2-3-8-16(12)19-11-15(18)10-13-6-4-7-14(17)9-13/h2-9,15,18H,10-11H2,1H3. The van der Waals surface area contributed by atoms with E-state index in [0.29, 0.717) is 12.2 Å². The highest BCUT2D eigenvalue weighted by atomic mass is 32.2. The van der Waals surface area contributed by atoms with E-state index in [0.717, 1.165) is 5.56 Å². The van der Waals surface area contributed by atoms with Crippen molar-refractivity contribution < 1.29 is 9.50 Å². The first-order chi connectivity index (χ1) is 9.15. The first-order valence-electron chi connectivity index (χ1n) is 6.26. The molecule has 3 heteroatoms. The SMILES string of the molecule is Cc1ccccc1SCC(O)Cc1cccc(F)c1. The smallest absolute Gasteiger partial charge is 0.123 e. The van der Waals surface area contributed by atoms with Crippen LogP contribution >= 0.6 is 11.8 Å². The van der Waals surface area contributed by atoms with Gasteiger partial charge in [0.25, 0.3) is 0 Å². The molecule has 2 aromatic carbocycles. The topological polar surface area (TPSA) is 20.2 Å². The van der Waals surface area contributed by atoms with Gasteiger partial charge < -0.3 is 5.11 Å². The van der Waals surface area contributed by atoms with Gasteiger partial charge in [-0.3, -0.25) is 0 Å². The first-order valence-corrected chi connectivity index (χ1v) is 7.24. The zero-order chi connectivity index (χ0) is 13.7. The Morgan fingerprint density at radius 3 is 2.68 bits per heavy atom. The number of aliphatic hydroxyl groups is 1. The van der Waals surface area contributed by atoms with Gasteiger partial charge in [0.1, 0.15) is 5.82 Å². The Morgan fingerprint density at radius 1 is 1.16 bits per heavy atom. The molecule has 0 fully saturated rings. The van der Waals surface area contributed by atoms with Gasteiger partial charge in [0.05, 0.1) is 6.10 Å². The lowest BCUT2D eigenvalue weighted by atomic mass is 10.1. The van der Waals surface area contributed by atoms with Crippen molar-refractivity contribution in [1.29, 1.82) is 0 Å². The van der Waals surface area contributed by atoms with Crippen LogP contribution in [0.2, 0.25) is 0 Å². The summed E-state index contributed by atoms with van der Waals surface area (Å²) >= 11 is 1.63. The minimum Gasteiger partial charge on any atom is -0.392 e. The van der Waals surface area contributed by atoms with Crippen LogP contribution in [0.15, 0.2) is 53.4 Å². The van der Waals surface area contributed by atoms with E-state index in [-0.39, 0.29) is 5.82 Å². The highest BCUT2D eigenvalue weighted by Gasteiger charge is 2.08. The van der Waals surface area contributed by atoms with Crippen molar-refractivity contribution in [3.8, 4) is 0 Å². The maximum atomic E-state index is 13.0. The fourth-order valence-corrected chi connectivity index (χ4v) is 2.86. The van der Waals surface area contributed by atoms with Crippen molar-refractivity contribution in [1.82, 2.24) is 0 Å². The van der Waals surface area contributed by atoms with Crippen LogP contribution in [-0.4, -0.2) is 17.0 Å². The van der Waals surface area contributed by atoms with Gasteiger partial charge in [-0.15, -0.1) is 11.8 Å². The van der Waals surface area contributed by atoms with Crippen LogP contribution in [0.25, 0.3) is 0 Å². The molecule has 2 rings (SSSR count). The van der Waals surface area contributed by atoms with E-state index in [2.05, 4.69) is 19.1 Å². The van der Waals surface area contributed by atoms with E-state index >= 15 is 0 Å². The predicted octanol–water partition coefficient (Wildman–Crippen LogP) is 3.83. The van der Waals surface area contributed by atoms with Gasteiger partial charge in [-0.1, -0.05) is 30.3 Å². The summed E-state index contributed by atoms with van der Waals surface area (Å²) in [6.45, 7) is 2.06. The Morgan fingerprint density at radius 2 is 1.95 bits per heavy atom. The summed E-state index contributed by atoms with van der Waals surface area (Å²) in [7, 11) is 0. The third kappa shape index (κ3) is 4.37. The largest absolute Gasteiger partial charge is 0.392 e. The molecule has 0 spiro atoms. The second-order valence-electron chi connectivity index (χ2n) is 4.56. The van der Waals surface area contributed by atoms with Crippen LogP contribution in [0.1, 0.15) is 11.1 Å². The highest BCUT2D eigenvalue weighted by Crippen LogP contribution is 2.23. The van der Waals surface area contributed by atoms with E-state index in [9.17, 15) is 9.50 Å². The van der Waals surface area contributed by atoms with Gasteiger partial charge in [-0.25, -0.2) is 4.39 Å². The number of rotatable bonds is 5. The van der Waals surface area contributed by atoms with Gasteiger partial charge in [0.2, 0.25) is 0 Å². The zero-order valence-electron chi connectivity index (χ0n) is 10.8. The first kappa shape index (κ1) is 14.1. The van der Waals surface area contributed by atoms with E-state index < -0.39 is 6.10 Å². The lowest BCUT2D eigenvalue weighted by molar-refractivity contribution is 0.200. The highest BCUT2D eigenvalue weighted by molar-refractivity contribution is 7.99. The fraction of sp³-hybridized carbons (Fsp3) is 0.250. The van der Waals surface area contributed by atoms with E-state index in [1.54, 1.807) is 17.8 Å². The number of halogens is 1. The summed E-state index contributed by atoms with van der Waals surface area (Å²) in [6, 6.07) is 14.5. The predicted molar refractivity (Wildman–Crippen MR) is 78.0 cm³/mol. The van der Waals surface area contributed by atoms with Crippen LogP contribution in [-0.2, 0) is 6.42 Å². The van der Waals surface area contributed by atoms with Gasteiger partial charge in [-0.2, -0.15) is 0 Å². The third-order valence-electron chi connectivity index (χ3n) is 2.89. The van der Waals surface area contributed by atoms with Crippen LogP contribution in [0, 0.1) is 12.7 Å². The van der Waals surface area contributed by atoms with E-state index in [1.165, 1.54) is 22.6 Å². The molecular weight excluding hydrogens is 259 g/mol. The van der Waals surface area contributed by atoms with Crippen molar-refractivity contribution in [2.45, 2.75) is 24.3 Å². The van der Waals surface area contributed by atoms with Crippen molar-refractivity contribution in [2.24, 2.45) is 0 Å². The molecule has 1 unspecified atom stereocenters. The van der Waals surface area contributed by atoms with Crippen molar-refractivity contribution in [2.75, 3.05) is 5.75 Å². The summed E-state index contributed by atoms with van der Waals surface area (Å²) in [4.78, 5) is 1.18. The molecule has 19 heavy (non-hydrogen) atoms. The maximum absolute atomic E-state index is 13.0. The Balaban J connectivity index is 1.88. The van der Waals surface area contributed by atoms with E-state index in [1.807, 2.05) is 18.2 Å². The normalized spacial score (nSPS) is 12.4. The van der Waals surface area contributed by atoms with Gasteiger partial charge >= 0.3 is 0 Å². The summed E-state index contributed by atoms with van der Waals surface area (Å²) in [6.07, 6.45) is 0.0165. The molecule has 0 heterocycles. The van der Waals surface area contributed by atoms with Crippen molar-refractivity contribution in [3.05, 3.63) is 65.5 Å². The molecule has 0 saturated carbocycles. The number of hydrogen-bond acceptors (Lipinski definition) is 2. The number of aryl methyl sites for hydroxylation is 1. The van der Waals surface area contributed by atoms with E-state index in [4.69, 9.17) is 0 Å². The molecule has 0 saturated heterocycles. The van der Waals surface area contributed by atoms with Crippen molar-refractivity contribution in [3.63, 3.8) is 0 Å². The molecular formula is C16H17FOS. The summed E-state index contributed by atoms with van der Waals surface area (Å²) < 4.78 is 13.0. The summed E-state index contributed by atoms with van der Waals surface area (Å²) in [5, 5.41) is 10.0. The molecule has 1 nitrogen and oxygen atoms in total. The number of hydrogen-bond donors (Lipinski definition) is 1. The average Bonchev–Trinajstić information content (AvgIpc) is 2.38. The minimum atomic E-state index is -0.466. The fourth-order valence-electron chi connectivity index (χ4n) is 1.90. The number of aliphatic hydroxyl groups excluding tert-OH is 1. The molecule has 1 N–H and O–H groups in total. The third-order valence-corrected chi connectivity index (χ3v) is 4.21. The average molecular weight is 276 g/mol. The molecule has 0 aromatic heterocycles.